The minimum absolute atomic E-state index is 0.127. The number of halogens is 1. The van der Waals surface area contributed by atoms with Crippen molar-refractivity contribution in [2.24, 2.45) is 11.8 Å². The molecule has 4 rings (SSSR count). The van der Waals surface area contributed by atoms with E-state index in [1.807, 2.05) is 0 Å². The predicted molar refractivity (Wildman–Crippen MR) is 122 cm³/mol. The summed E-state index contributed by atoms with van der Waals surface area (Å²) in [6.07, 6.45) is 1.50. The minimum atomic E-state index is -1.25. The predicted octanol–water partition coefficient (Wildman–Crippen LogP) is 1.43. The van der Waals surface area contributed by atoms with Gasteiger partial charge in [-0.25, -0.2) is 0 Å². The van der Waals surface area contributed by atoms with Crippen LogP contribution < -0.4 is 9.64 Å². The van der Waals surface area contributed by atoms with Gasteiger partial charge in [0.05, 0.1) is 25.0 Å². The number of carboxylic acids is 1. The zero-order valence-corrected chi connectivity index (χ0v) is 19.8. The molecule has 2 bridgehead atoms. The van der Waals surface area contributed by atoms with Crippen LogP contribution >= 0.6 is 15.9 Å². The first-order valence-electron chi connectivity index (χ1n) is 10.8. The van der Waals surface area contributed by atoms with Crippen LogP contribution in [0, 0.1) is 11.8 Å². The topological polar surface area (TPSA) is 117 Å². The zero-order chi connectivity index (χ0) is 23.9. The number of ether oxygens (including phenoxy) is 2. The number of carbonyl (C=O) groups is 3. The molecule has 2 amide bonds. The average molecular weight is 523 g/mol. The molecule has 0 aromatic heterocycles. The van der Waals surface area contributed by atoms with E-state index in [1.54, 1.807) is 37.5 Å². The molecule has 0 saturated carbocycles. The van der Waals surface area contributed by atoms with Gasteiger partial charge in [-0.3, -0.25) is 14.4 Å². The number of aliphatic hydroxyl groups is 1. The van der Waals surface area contributed by atoms with Gasteiger partial charge in [-0.05, 0) is 37.1 Å². The van der Waals surface area contributed by atoms with Gasteiger partial charge in [0.2, 0.25) is 5.91 Å². The molecule has 0 radical (unpaired) electrons. The van der Waals surface area contributed by atoms with Crippen molar-refractivity contribution in [3.63, 3.8) is 0 Å². The Hall–Kier alpha value is -2.43. The van der Waals surface area contributed by atoms with E-state index < -0.39 is 41.5 Å². The van der Waals surface area contributed by atoms with Crippen molar-refractivity contribution in [3.8, 4) is 5.75 Å². The van der Waals surface area contributed by atoms with Crippen LogP contribution in [0.2, 0.25) is 0 Å². The number of anilines is 1. The first-order valence-corrected chi connectivity index (χ1v) is 11.7. The normalized spacial score (nSPS) is 32.0. The summed E-state index contributed by atoms with van der Waals surface area (Å²) in [6, 6.07) is 5.93. The second-order valence-corrected chi connectivity index (χ2v) is 9.72. The van der Waals surface area contributed by atoms with Gasteiger partial charge in [-0.15, -0.1) is 6.58 Å². The standard InChI is InChI=1S/C23H27BrN2O7/c1-3-9-25(13-5-7-14(32-2)8-6-13)21(29)19-23-12-15(24)18(33-23)16(22(30)31)17(23)20(28)26(19)10-4-11-27/h3,5-8,15-19,27H,1,4,9-12H2,2H3,(H,30,31)/t15?,16-,17-,18-,19?,23?/m0/s1. The Kier molecular flexibility index (Phi) is 6.52. The van der Waals surface area contributed by atoms with Gasteiger partial charge < -0.3 is 29.5 Å². The van der Waals surface area contributed by atoms with E-state index in [4.69, 9.17) is 9.47 Å². The Morgan fingerprint density at radius 1 is 1.39 bits per heavy atom. The van der Waals surface area contributed by atoms with Crippen molar-refractivity contribution in [2.75, 3.05) is 31.7 Å². The van der Waals surface area contributed by atoms with Crippen molar-refractivity contribution in [1.82, 2.24) is 4.90 Å². The molecule has 10 heteroatoms. The molecule has 1 aromatic carbocycles. The lowest BCUT2D eigenvalue weighted by molar-refractivity contribution is -0.149. The number of methoxy groups -OCH3 is 1. The average Bonchev–Trinajstić information content (AvgIpc) is 3.39. The molecule has 3 saturated heterocycles. The van der Waals surface area contributed by atoms with E-state index in [0.29, 0.717) is 17.9 Å². The lowest BCUT2D eigenvalue weighted by Gasteiger charge is -2.37. The molecule has 3 fully saturated rings. The number of amides is 2. The summed E-state index contributed by atoms with van der Waals surface area (Å²) < 4.78 is 11.4. The molecular formula is C23H27BrN2O7. The first kappa shape index (κ1) is 23.7. The number of fused-ring (bicyclic) bond motifs is 1. The first-order chi connectivity index (χ1) is 15.8. The molecule has 1 spiro atoms. The van der Waals surface area contributed by atoms with E-state index in [2.05, 4.69) is 22.5 Å². The Bertz CT molecular complexity index is 955. The van der Waals surface area contributed by atoms with Crippen molar-refractivity contribution < 1.29 is 34.1 Å². The summed E-state index contributed by atoms with van der Waals surface area (Å²) in [7, 11) is 1.55. The van der Waals surface area contributed by atoms with Gasteiger partial charge in [0.15, 0.2) is 0 Å². The highest BCUT2D eigenvalue weighted by Crippen LogP contribution is 2.60. The highest BCUT2D eigenvalue weighted by atomic mass is 79.9. The van der Waals surface area contributed by atoms with Crippen molar-refractivity contribution in [3.05, 3.63) is 36.9 Å². The zero-order valence-electron chi connectivity index (χ0n) is 18.2. The maximum Gasteiger partial charge on any atom is 0.310 e. The summed E-state index contributed by atoms with van der Waals surface area (Å²) in [5.74, 6) is -3.27. The van der Waals surface area contributed by atoms with Crippen LogP contribution in [0.3, 0.4) is 0 Å². The molecular weight excluding hydrogens is 496 g/mol. The van der Waals surface area contributed by atoms with Crippen LogP contribution in [0.25, 0.3) is 0 Å². The van der Waals surface area contributed by atoms with E-state index in [9.17, 15) is 24.6 Å². The van der Waals surface area contributed by atoms with Gasteiger partial charge in [-0.1, -0.05) is 22.0 Å². The number of aliphatic hydroxyl groups excluding tert-OH is 1. The molecule has 3 unspecified atom stereocenters. The van der Waals surface area contributed by atoms with Gasteiger partial charge in [0.1, 0.15) is 17.4 Å². The molecule has 3 aliphatic heterocycles. The van der Waals surface area contributed by atoms with Crippen LogP contribution in [-0.4, -0.2) is 82.3 Å². The van der Waals surface area contributed by atoms with Crippen LogP contribution in [-0.2, 0) is 19.1 Å². The molecule has 6 atom stereocenters. The summed E-state index contributed by atoms with van der Waals surface area (Å²) in [6.45, 7) is 3.92. The summed E-state index contributed by atoms with van der Waals surface area (Å²) in [5, 5.41) is 19.3. The summed E-state index contributed by atoms with van der Waals surface area (Å²) >= 11 is 3.52. The fourth-order valence-corrected chi connectivity index (χ4v) is 6.48. The monoisotopic (exact) mass is 522 g/mol. The lowest BCUT2D eigenvalue weighted by Crippen LogP contribution is -2.57. The van der Waals surface area contributed by atoms with Gasteiger partial charge in [-0.2, -0.15) is 0 Å². The van der Waals surface area contributed by atoms with Crippen LogP contribution in [0.4, 0.5) is 5.69 Å². The number of nitrogens with zero attached hydrogens (tertiary/aromatic N) is 2. The molecule has 178 valence electrons. The number of alkyl halides is 1. The third-order valence-electron chi connectivity index (χ3n) is 6.83. The number of carbonyl (C=O) groups excluding carboxylic acids is 2. The van der Waals surface area contributed by atoms with E-state index >= 15 is 0 Å². The molecule has 3 heterocycles. The smallest absolute Gasteiger partial charge is 0.310 e. The second kappa shape index (κ2) is 9.08. The van der Waals surface area contributed by atoms with Crippen LogP contribution in [0.5, 0.6) is 5.75 Å². The second-order valence-electron chi connectivity index (χ2n) is 8.55. The third kappa shape index (κ3) is 3.64. The molecule has 0 aliphatic carbocycles. The third-order valence-corrected chi connectivity index (χ3v) is 7.67. The van der Waals surface area contributed by atoms with Crippen LogP contribution in [0.15, 0.2) is 36.9 Å². The Morgan fingerprint density at radius 2 is 2.09 bits per heavy atom. The molecule has 3 aliphatic rings. The van der Waals surface area contributed by atoms with Crippen molar-refractivity contribution in [2.45, 2.75) is 35.4 Å². The highest BCUT2D eigenvalue weighted by molar-refractivity contribution is 9.09. The number of benzene rings is 1. The van der Waals surface area contributed by atoms with Crippen molar-refractivity contribution >= 4 is 39.4 Å². The SMILES string of the molecule is C=CCN(C(=O)C1N(CCCO)C(=O)[C@@H]2[C@H](C(=O)O)[C@H]3OC12CC3Br)c1ccc(OC)cc1. The van der Waals surface area contributed by atoms with E-state index in [-0.39, 0.29) is 36.9 Å². The number of likely N-dealkylation sites (tertiary alicyclic amines) is 1. The van der Waals surface area contributed by atoms with Crippen molar-refractivity contribution in [1.29, 1.82) is 0 Å². The number of hydrogen-bond acceptors (Lipinski definition) is 6. The largest absolute Gasteiger partial charge is 0.497 e. The maximum absolute atomic E-state index is 14.1. The van der Waals surface area contributed by atoms with Crippen LogP contribution in [0.1, 0.15) is 12.8 Å². The fourth-order valence-electron chi connectivity index (χ4n) is 5.53. The van der Waals surface area contributed by atoms with E-state index in [1.165, 1.54) is 9.80 Å². The molecule has 9 nitrogen and oxygen atoms in total. The van der Waals surface area contributed by atoms with Gasteiger partial charge in [0.25, 0.3) is 5.91 Å². The summed E-state index contributed by atoms with van der Waals surface area (Å²) in [5.41, 5.74) is -0.662. The minimum Gasteiger partial charge on any atom is -0.497 e. The Labute approximate surface area is 200 Å². The molecule has 2 N–H and O–H groups in total. The molecule has 33 heavy (non-hydrogen) atoms. The Morgan fingerprint density at radius 3 is 2.67 bits per heavy atom. The number of carboxylic acid groups (broad SMARTS) is 1. The maximum atomic E-state index is 14.1. The quantitative estimate of drug-likeness (QED) is 0.372. The number of hydrogen-bond donors (Lipinski definition) is 2. The lowest BCUT2D eigenvalue weighted by atomic mass is 9.70. The highest BCUT2D eigenvalue weighted by Gasteiger charge is 2.76. The van der Waals surface area contributed by atoms with Gasteiger partial charge >= 0.3 is 5.97 Å². The van der Waals surface area contributed by atoms with Gasteiger partial charge in [0, 0.05) is 30.2 Å². The number of rotatable bonds is 9. The number of aliphatic carboxylic acids is 1. The fraction of sp³-hybridized carbons (Fsp3) is 0.522. The van der Waals surface area contributed by atoms with E-state index in [0.717, 1.165) is 0 Å². The Balaban J connectivity index is 1.77. The molecule has 1 aromatic rings. The summed E-state index contributed by atoms with van der Waals surface area (Å²) in [4.78, 5) is 42.3.